The molecule has 0 unspecified atom stereocenters. The molecule has 0 spiro atoms. The third-order valence-corrected chi connectivity index (χ3v) is 4.97. The lowest BCUT2D eigenvalue weighted by Crippen LogP contribution is -2.32. The minimum atomic E-state index is -4.70. The van der Waals surface area contributed by atoms with Gasteiger partial charge < -0.3 is 4.90 Å². The summed E-state index contributed by atoms with van der Waals surface area (Å²) >= 11 is 0. The molecular weight excluding hydrogens is 388 g/mol. The van der Waals surface area contributed by atoms with Crippen molar-refractivity contribution < 1.29 is 22.4 Å². The highest BCUT2D eigenvalue weighted by Crippen LogP contribution is 2.32. The molecule has 0 N–H and O–H groups in total. The van der Waals surface area contributed by atoms with Gasteiger partial charge in [-0.3, -0.25) is 4.79 Å². The Kier molecular flexibility index (Phi) is 4.97. The Hall–Kier alpha value is -2.97. The van der Waals surface area contributed by atoms with E-state index in [0.29, 0.717) is 23.2 Å². The van der Waals surface area contributed by atoms with E-state index in [-0.39, 0.29) is 17.0 Å². The molecule has 9 heteroatoms. The second-order valence-corrected chi connectivity index (χ2v) is 7.04. The van der Waals surface area contributed by atoms with Crippen LogP contribution in [-0.2, 0) is 6.18 Å². The summed E-state index contributed by atoms with van der Waals surface area (Å²) in [5, 5.41) is 3.92. The number of carbonyl (C=O) groups excluding carboxylic acids is 1. The Morgan fingerprint density at radius 1 is 0.966 bits per heavy atom. The van der Waals surface area contributed by atoms with Crippen molar-refractivity contribution in [2.45, 2.75) is 31.9 Å². The number of carbonyl (C=O) groups is 1. The average molecular weight is 406 g/mol. The number of benzene rings is 1. The van der Waals surface area contributed by atoms with E-state index in [9.17, 15) is 22.4 Å². The lowest BCUT2D eigenvalue weighted by atomic mass is 10.1. The molecule has 0 bridgehead atoms. The van der Waals surface area contributed by atoms with E-state index in [4.69, 9.17) is 0 Å². The summed E-state index contributed by atoms with van der Waals surface area (Å²) in [5.74, 6) is -0.894. The average Bonchev–Trinajstić information content (AvgIpc) is 2.92. The molecule has 152 valence electrons. The number of alkyl halides is 3. The molecule has 4 rings (SSSR count). The minimum absolute atomic E-state index is 0.0264. The Balaban J connectivity index is 1.80. The first-order valence-corrected chi connectivity index (χ1v) is 9.36. The van der Waals surface area contributed by atoms with Crippen molar-refractivity contribution in [2.75, 3.05) is 13.1 Å². The van der Waals surface area contributed by atoms with Crippen LogP contribution in [0.15, 0.2) is 36.4 Å². The van der Waals surface area contributed by atoms with Crippen molar-refractivity contribution >= 4 is 11.6 Å². The Morgan fingerprint density at radius 2 is 1.62 bits per heavy atom. The van der Waals surface area contributed by atoms with E-state index < -0.39 is 23.6 Å². The molecule has 5 nitrogen and oxygen atoms in total. The van der Waals surface area contributed by atoms with Gasteiger partial charge in [-0.15, -0.1) is 0 Å². The van der Waals surface area contributed by atoms with Gasteiger partial charge in [-0.25, -0.2) is 13.9 Å². The quantitative estimate of drug-likeness (QED) is 0.586. The zero-order valence-corrected chi connectivity index (χ0v) is 15.4. The van der Waals surface area contributed by atoms with Gasteiger partial charge in [0.15, 0.2) is 17.0 Å². The third-order valence-electron chi connectivity index (χ3n) is 4.97. The predicted molar refractivity (Wildman–Crippen MR) is 97.8 cm³/mol. The molecule has 2 aromatic heterocycles. The van der Waals surface area contributed by atoms with Crippen LogP contribution in [0.5, 0.6) is 0 Å². The van der Waals surface area contributed by atoms with E-state index in [1.807, 2.05) is 0 Å². The first kappa shape index (κ1) is 19.4. The van der Waals surface area contributed by atoms with Gasteiger partial charge in [0.25, 0.3) is 5.91 Å². The summed E-state index contributed by atoms with van der Waals surface area (Å²) < 4.78 is 54.8. The monoisotopic (exact) mass is 406 g/mol. The third kappa shape index (κ3) is 3.94. The van der Waals surface area contributed by atoms with Crippen molar-refractivity contribution in [1.82, 2.24) is 19.5 Å². The molecule has 3 aromatic rings. The second-order valence-electron chi connectivity index (χ2n) is 7.04. The number of fused-ring (bicyclic) bond motifs is 1. The molecule has 1 aromatic carbocycles. The lowest BCUT2D eigenvalue weighted by molar-refractivity contribution is -0.142. The van der Waals surface area contributed by atoms with Crippen LogP contribution < -0.4 is 0 Å². The van der Waals surface area contributed by atoms with Gasteiger partial charge in [-0.1, -0.05) is 12.8 Å². The van der Waals surface area contributed by atoms with Crippen LogP contribution in [0.1, 0.15) is 41.9 Å². The van der Waals surface area contributed by atoms with Crippen LogP contribution >= 0.6 is 0 Å². The fraction of sp³-hybridized carbons (Fsp3) is 0.350. The van der Waals surface area contributed by atoms with Crippen LogP contribution in [0.25, 0.3) is 16.9 Å². The summed E-state index contributed by atoms with van der Waals surface area (Å²) in [7, 11) is 0. The molecule has 0 aliphatic carbocycles. The largest absolute Gasteiger partial charge is 0.433 e. The SMILES string of the molecule is O=C(c1cc2nc(-c3ccc(F)cc3)cc(C(F)(F)F)n2n1)N1CCCCCC1. The topological polar surface area (TPSA) is 50.5 Å². The fourth-order valence-electron chi connectivity index (χ4n) is 3.49. The Labute approximate surface area is 164 Å². The maximum absolute atomic E-state index is 13.7. The van der Waals surface area contributed by atoms with Gasteiger partial charge in [0.05, 0.1) is 5.69 Å². The molecular formula is C20H18F4N4O. The zero-order valence-electron chi connectivity index (χ0n) is 15.4. The number of likely N-dealkylation sites (tertiary alicyclic amines) is 1. The molecule has 3 heterocycles. The summed E-state index contributed by atoms with van der Waals surface area (Å²) in [6, 6.07) is 7.14. The number of amides is 1. The summed E-state index contributed by atoms with van der Waals surface area (Å²) in [6.45, 7) is 1.13. The van der Waals surface area contributed by atoms with Crippen molar-refractivity contribution in [3.05, 3.63) is 53.6 Å². The molecule has 1 fully saturated rings. The number of nitrogens with zero attached hydrogens (tertiary/aromatic N) is 4. The molecule has 1 saturated heterocycles. The lowest BCUT2D eigenvalue weighted by Gasteiger charge is -2.18. The first-order valence-electron chi connectivity index (χ1n) is 9.36. The number of aromatic nitrogens is 3. The highest BCUT2D eigenvalue weighted by Gasteiger charge is 2.36. The smallest absolute Gasteiger partial charge is 0.337 e. The highest BCUT2D eigenvalue weighted by molar-refractivity contribution is 5.93. The number of rotatable bonds is 2. The van der Waals surface area contributed by atoms with Crippen LogP contribution in [0.2, 0.25) is 0 Å². The van der Waals surface area contributed by atoms with E-state index in [1.165, 1.54) is 18.2 Å². The van der Waals surface area contributed by atoms with Crippen molar-refractivity contribution in [3.8, 4) is 11.3 Å². The van der Waals surface area contributed by atoms with E-state index in [2.05, 4.69) is 10.1 Å². The van der Waals surface area contributed by atoms with Gasteiger partial charge in [-0.2, -0.15) is 18.3 Å². The van der Waals surface area contributed by atoms with Crippen molar-refractivity contribution in [1.29, 1.82) is 0 Å². The number of hydrogen-bond acceptors (Lipinski definition) is 3. The molecule has 0 atom stereocenters. The maximum Gasteiger partial charge on any atom is 0.433 e. The van der Waals surface area contributed by atoms with Gasteiger partial charge in [-0.05, 0) is 43.2 Å². The van der Waals surface area contributed by atoms with Crippen LogP contribution in [0.4, 0.5) is 17.6 Å². The molecule has 1 aliphatic heterocycles. The molecule has 1 aliphatic rings. The Bertz CT molecular complexity index is 1040. The predicted octanol–water partition coefficient (Wildman–Crippen LogP) is 4.57. The minimum Gasteiger partial charge on any atom is -0.337 e. The van der Waals surface area contributed by atoms with Crippen molar-refractivity contribution in [2.24, 2.45) is 0 Å². The highest BCUT2D eigenvalue weighted by atomic mass is 19.4. The number of halogens is 4. The summed E-state index contributed by atoms with van der Waals surface area (Å²) in [4.78, 5) is 18.6. The second kappa shape index (κ2) is 7.46. The molecule has 0 radical (unpaired) electrons. The normalized spacial score (nSPS) is 15.5. The molecule has 1 amide bonds. The first-order chi connectivity index (χ1) is 13.8. The van der Waals surface area contributed by atoms with Gasteiger partial charge >= 0.3 is 6.18 Å². The van der Waals surface area contributed by atoms with Crippen LogP contribution in [-0.4, -0.2) is 38.5 Å². The van der Waals surface area contributed by atoms with Crippen molar-refractivity contribution in [3.63, 3.8) is 0 Å². The van der Waals surface area contributed by atoms with E-state index in [1.54, 1.807) is 4.90 Å². The molecule has 29 heavy (non-hydrogen) atoms. The maximum atomic E-state index is 13.7. The van der Waals surface area contributed by atoms with Gasteiger partial charge in [0.2, 0.25) is 0 Å². The van der Waals surface area contributed by atoms with Gasteiger partial charge in [0.1, 0.15) is 5.82 Å². The van der Waals surface area contributed by atoms with Crippen LogP contribution in [0, 0.1) is 5.82 Å². The van der Waals surface area contributed by atoms with E-state index in [0.717, 1.165) is 43.9 Å². The van der Waals surface area contributed by atoms with E-state index >= 15 is 0 Å². The summed E-state index contributed by atoms with van der Waals surface area (Å²) in [5.41, 5.74) is -0.838. The fourth-order valence-corrected chi connectivity index (χ4v) is 3.49. The molecule has 0 saturated carbocycles. The number of hydrogen-bond donors (Lipinski definition) is 0. The summed E-state index contributed by atoms with van der Waals surface area (Å²) in [6.07, 6.45) is -0.934. The van der Waals surface area contributed by atoms with Gasteiger partial charge in [0, 0.05) is 24.7 Å². The standard InChI is InChI=1S/C20H18F4N4O/c21-14-7-5-13(6-8-14)15-11-17(20(22,23)24)28-18(25-15)12-16(26-28)19(29)27-9-3-1-2-4-10-27/h5-8,11-12H,1-4,9-10H2. The Morgan fingerprint density at radius 3 is 2.24 bits per heavy atom. The van der Waals surface area contributed by atoms with Crippen LogP contribution in [0.3, 0.4) is 0 Å². The zero-order chi connectivity index (χ0) is 20.6.